The topological polar surface area (TPSA) is 46.5 Å². The fourth-order valence-electron chi connectivity index (χ4n) is 2.26. The number of hydrogen-bond acceptors (Lipinski definition) is 2. The first kappa shape index (κ1) is 13.1. The van der Waals surface area contributed by atoms with Gasteiger partial charge in [0.25, 0.3) is 0 Å². The van der Waals surface area contributed by atoms with Crippen molar-refractivity contribution in [2.75, 3.05) is 7.11 Å². The lowest BCUT2D eigenvalue weighted by Gasteiger charge is -2.38. The fourth-order valence-corrected chi connectivity index (χ4v) is 2.49. The van der Waals surface area contributed by atoms with Gasteiger partial charge in [-0.3, -0.25) is 4.79 Å². The molecule has 18 heavy (non-hydrogen) atoms. The summed E-state index contributed by atoms with van der Waals surface area (Å²) in [5.74, 6) is -3.35. The smallest absolute Gasteiger partial charge is 0.314 e. The number of carboxylic acids is 1. The van der Waals surface area contributed by atoms with Crippen molar-refractivity contribution in [3.63, 3.8) is 0 Å². The van der Waals surface area contributed by atoms with E-state index in [0.717, 1.165) is 6.07 Å². The van der Waals surface area contributed by atoms with E-state index >= 15 is 0 Å². The molecule has 1 aromatic carbocycles. The Morgan fingerprint density at radius 3 is 2.50 bits per heavy atom. The second kappa shape index (κ2) is 4.39. The molecule has 3 nitrogen and oxygen atoms in total. The van der Waals surface area contributed by atoms with Crippen LogP contribution < -0.4 is 4.74 Å². The third kappa shape index (κ3) is 1.65. The van der Waals surface area contributed by atoms with Crippen LogP contribution in [-0.4, -0.2) is 18.2 Å². The molecule has 0 amide bonds. The highest BCUT2D eigenvalue weighted by atomic mass is 35.5. The van der Waals surface area contributed by atoms with E-state index in [2.05, 4.69) is 0 Å². The standard InChI is InChI=1S/C12H11ClF2O3/c1-18-7-5-6(14)8(10(15)9(7)13)12(11(16)17)3-2-4-12/h5H,2-4H2,1H3,(H,16,17). The van der Waals surface area contributed by atoms with Gasteiger partial charge in [-0.15, -0.1) is 0 Å². The van der Waals surface area contributed by atoms with Crippen molar-refractivity contribution in [2.24, 2.45) is 0 Å². The number of rotatable bonds is 3. The molecular formula is C12H11ClF2O3. The van der Waals surface area contributed by atoms with E-state index in [-0.39, 0.29) is 23.6 Å². The number of ether oxygens (including phenoxy) is 1. The molecule has 1 aliphatic rings. The summed E-state index contributed by atoms with van der Waals surface area (Å²) >= 11 is 5.70. The number of aliphatic carboxylic acids is 1. The molecule has 0 heterocycles. The summed E-state index contributed by atoms with van der Waals surface area (Å²) in [6.07, 6.45) is 1.03. The van der Waals surface area contributed by atoms with Crippen LogP contribution in [0.4, 0.5) is 8.78 Å². The lowest BCUT2D eigenvalue weighted by molar-refractivity contribution is -0.147. The third-order valence-corrected chi connectivity index (χ3v) is 3.79. The van der Waals surface area contributed by atoms with Crippen LogP contribution in [0.3, 0.4) is 0 Å². The molecule has 0 atom stereocenters. The summed E-state index contributed by atoms with van der Waals surface area (Å²) in [6, 6.07) is 0.920. The first-order valence-electron chi connectivity index (χ1n) is 5.39. The average molecular weight is 277 g/mol. The SMILES string of the molecule is COc1cc(F)c(C2(C(=O)O)CCC2)c(F)c1Cl. The summed E-state index contributed by atoms with van der Waals surface area (Å²) < 4.78 is 32.7. The Kier molecular flexibility index (Phi) is 3.19. The Hall–Kier alpha value is -1.36. The summed E-state index contributed by atoms with van der Waals surface area (Å²) in [5.41, 5.74) is -1.96. The van der Waals surface area contributed by atoms with Crippen molar-refractivity contribution in [3.05, 3.63) is 28.3 Å². The zero-order chi connectivity index (χ0) is 13.5. The predicted molar refractivity (Wildman–Crippen MR) is 61.1 cm³/mol. The molecule has 1 aromatic rings. The first-order valence-corrected chi connectivity index (χ1v) is 5.77. The number of benzene rings is 1. The maximum absolute atomic E-state index is 14.1. The maximum Gasteiger partial charge on any atom is 0.314 e. The summed E-state index contributed by atoms with van der Waals surface area (Å²) in [5, 5.41) is 8.81. The fraction of sp³-hybridized carbons (Fsp3) is 0.417. The number of carboxylic acid groups (broad SMARTS) is 1. The Morgan fingerprint density at radius 2 is 2.11 bits per heavy atom. The van der Waals surface area contributed by atoms with Crippen molar-refractivity contribution >= 4 is 17.6 Å². The van der Waals surface area contributed by atoms with Crippen molar-refractivity contribution in [3.8, 4) is 5.75 Å². The molecule has 98 valence electrons. The first-order chi connectivity index (χ1) is 8.44. The van der Waals surface area contributed by atoms with Gasteiger partial charge in [0, 0.05) is 11.6 Å². The van der Waals surface area contributed by atoms with Gasteiger partial charge in [0.05, 0.1) is 12.5 Å². The highest BCUT2D eigenvalue weighted by Gasteiger charge is 2.50. The Morgan fingerprint density at radius 1 is 1.50 bits per heavy atom. The predicted octanol–water partition coefficient (Wildman–Crippen LogP) is 3.13. The van der Waals surface area contributed by atoms with Gasteiger partial charge < -0.3 is 9.84 Å². The molecule has 0 bridgehead atoms. The molecule has 6 heteroatoms. The van der Waals surface area contributed by atoms with Gasteiger partial charge in [0.2, 0.25) is 0 Å². The van der Waals surface area contributed by atoms with Gasteiger partial charge in [0.15, 0.2) is 5.82 Å². The second-order valence-electron chi connectivity index (χ2n) is 4.30. The summed E-state index contributed by atoms with van der Waals surface area (Å²) in [6.45, 7) is 0. The molecule has 0 radical (unpaired) electrons. The molecule has 2 rings (SSSR count). The van der Waals surface area contributed by atoms with E-state index in [9.17, 15) is 18.7 Å². The van der Waals surface area contributed by atoms with Crippen LogP contribution in [0.2, 0.25) is 5.02 Å². The molecule has 0 unspecified atom stereocenters. The number of halogens is 3. The van der Waals surface area contributed by atoms with E-state index < -0.39 is 28.6 Å². The maximum atomic E-state index is 14.1. The third-order valence-electron chi connectivity index (χ3n) is 3.44. The van der Waals surface area contributed by atoms with Gasteiger partial charge >= 0.3 is 5.97 Å². The van der Waals surface area contributed by atoms with Gasteiger partial charge in [0.1, 0.15) is 16.6 Å². The quantitative estimate of drug-likeness (QED) is 0.863. The molecule has 0 aromatic heterocycles. The zero-order valence-electron chi connectivity index (χ0n) is 9.60. The normalized spacial score (nSPS) is 17.1. The summed E-state index contributed by atoms with van der Waals surface area (Å²) in [7, 11) is 1.23. The second-order valence-corrected chi connectivity index (χ2v) is 4.68. The molecule has 1 fully saturated rings. The largest absolute Gasteiger partial charge is 0.495 e. The zero-order valence-corrected chi connectivity index (χ0v) is 10.4. The molecule has 0 aliphatic heterocycles. The highest BCUT2D eigenvalue weighted by Crippen LogP contribution is 2.48. The monoisotopic (exact) mass is 276 g/mol. The van der Waals surface area contributed by atoms with E-state index in [1.165, 1.54) is 7.11 Å². The molecule has 1 aliphatic carbocycles. The van der Waals surface area contributed by atoms with E-state index in [1.54, 1.807) is 0 Å². The molecular weight excluding hydrogens is 266 g/mol. The molecule has 0 saturated heterocycles. The van der Waals surface area contributed by atoms with Crippen LogP contribution in [0, 0.1) is 11.6 Å². The highest BCUT2D eigenvalue weighted by molar-refractivity contribution is 6.32. The van der Waals surface area contributed by atoms with E-state index in [4.69, 9.17) is 16.3 Å². The van der Waals surface area contributed by atoms with Gasteiger partial charge in [-0.1, -0.05) is 18.0 Å². The number of carbonyl (C=O) groups is 1. The Bertz CT molecular complexity index is 513. The van der Waals surface area contributed by atoms with Crippen LogP contribution in [0.25, 0.3) is 0 Å². The van der Waals surface area contributed by atoms with Gasteiger partial charge in [-0.25, -0.2) is 8.78 Å². The summed E-state index contributed by atoms with van der Waals surface area (Å²) in [4.78, 5) is 11.3. The van der Waals surface area contributed by atoms with Crippen LogP contribution in [0.5, 0.6) is 5.75 Å². The Labute approximate surface area is 107 Å². The van der Waals surface area contributed by atoms with Gasteiger partial charge in [-0.2, -0.15) is 0 Å². The average Bonchev–Trinajstić information content (AvgIpc) is 2.26. The van der Waals surface area contributed by atoms with Crippen molar-refractivity contribution < 1.29 is 23.4 Å². The lowest BCUT2D eigenvalue weighted by atomic mass is 9.64. The van der Waals surface area contributed by atoms with Crippen LogP contribution >= 0.6 is 11.6 Å². The molecule has 1 saturated carbocycles. The molecule has 0 spiro atoms. The van der Waals surface area contributed by atoms with Crippen molar-refractivity contribution in [1.29, 1.82) is 0 Å². The van der Waals surface area contributed by atoms with Crippen LogP contribution in [0.15, 0.2) is 6.07 Å². The van der Waals surface area contributed by atoms with Crippen molar-refractivity contribution in [1.82, 2.24) is 0 Å². The minimum Gasteiger partial charge on any atom is -0.495 e. The number of hydrogen-bond donors (Lipinski definition) is 1. The van der Waals surface area contributed by atoms with Crippen molar-refractivity contribution in [2.45, 2.75) is 24.7 Å². The van der Waals surface area contributed by atoms with E-state index in [0.29, 0.717) is 6.42 Å². The van der Waals surface area contributed by atoms with E-state index in [1.807, 2.05) is 0 Å². The minimum absolute atomic E-state index is 0.143. The van der Waals surface area contributed by atoms with Gasteiger partial charge in [-0.05, 0) is 12.8 Å². The lowest BCUT2D eigenvalue weighted by Crippen LogP contribution is -2.44. The Balaban J connectivity index is 2.65. The van der Waals surface area contributed by atoms with Crippen LogP contribution in [0.1, 0.15) is 24.8 Å². The molecule has 1 N–H and O–H groups in total. The minimum atomic E-state index is -1.50. The van der Waals surface area contributed by atoms with Crippen LogP contribution in [-0.2, 0) is 10.2 Å². The number of methoxy groups -OCH3 is 1.